The average molecular weight is 277 g/mol. The van der Waals surface area contributed by atoms with E-state index < -0.39 is 0 Å². The highest BCUT2D eigenvalue weighted by atomic mass is 19.1. The summed E-state index contributed by atoms with van der Waals surface area (Å²) in [6, 6.07) is 5.94. The minimum Gasteiger partial charge on any atom is -0.393 e. The van der Waals surface area contributed by atoms with Crippen molar-refractivity contribution in [3.05, 3.63) is 41.7 Å². The highest BCUT2D eigenvalue weighted by Crippen LogP contribution is 2.23. The molecule has 1 fully saturated rings. The fraction of sp³-hybridized carbons (Fsp3) is 0.438. The smallest absolute Gasteiger partial charge is 0.244 e. The van der Waals surface area contributed by atoms with Crippen LogP contribution in [-0.4, -0.2) is 23.7 Å². The number of hydrogen-bond acceptors (Lipinski definition) is 2. The van der Waals surface area contributed by atoms with Crippen LogP contribution in [0.5, 0.6) is 0 Å². The van der Waals surface area contributed by atoms with Crippen LogP contribution >= 0.6 is 0 Å². The Hall–Kier alpha value is -1.68. The molecular formula is C16H20FNO2. The van der Waals surface area contributed by atoms with Crippen LogP contribution in [0.3, 0.4) is 0 Å². The first kappa shape index (κ1) is 14.7. The molecule has 0 radical (unpaired) electrons. The highest BCUT2D eigenvalue weighted by molar-refractivity contribution is 5.91. The van der Waals surface area contributed by atoms with E-state index in [1.54, 1.807) is 18.2 Å². The molecule has 0 aliphatic heterocycles. The van der Waals surface area contributed by atoms with Gasteiger partial charge in [-0.1, -0.05) is 25.0 Å². The van der Waals surface area contributed by atoms with Crippen molar-refractivity contribution in [2.24, 2.45) is 5.92 Å². The topological polar surface area (TPSA) is 49.3 Å². The molecule has 1 amide bonds. The van der Waals surface area contributed by atoms with Gasteiger partial charge in [0.15, 0.2) is 0 Å². The molecule has 1 aromatic rings. The Kier molecular flexibility index (Phi) is 5.30. The maximum absolute atomic E-state index is 12.7. The molecule has 1 aliphatic carbocycles. The number of carbonyl (C=O) groups excluding carboxylic acids is 1. The van der Waals surface area contributed by atoms with Gasteiger partial charge >= 0.3 is 0 Å². The van der Waals surface area contributed by atoms with Crippen molar-refractivity contribution in [3.63, 3.8) is 0 Å². The van der Waals surface area contributed by atoms with E-state index in [1.807, 2.05) is 0 Å². The minimum absolute atomic E-state index is 0.159. The summed E-state index contributed by atoms with van der Waals surface area (Å²) in [5, 5.41) is 12.6. The molecule has 4 heteroatoms. The molecule has 2 unspecified atom stereocenters. The number of benzene rings is 1. The zero-order valence-electron chi connectivity index (χ0n) is 11.4. The van der Waals surface area contributed by atoms with Crippen LogP contribution < -0.4 is 5.32 Å². The van der Waals surface area contributed by atoms with E-state index in [9.17, 15) is 14.3 Å². The van der Waals surface area contributed by atoms with Gasteiger partial charge in [-0.3, -0.25) is 4.79 Å². The number of aliphatic hydroxyl groups excluding tert-OH is 1. The third-order valence-corrected chi connectivity index (χ3v) is 3.70. The van der Waals surface area contributed by atoms with Gasteiger partial charge < -0.3 is 10.4 Å². The summed E-state index contributed by atoms with van der Waals surface area (Å²) in [4.78, 5) is 11.7. The van der Waals surface area contributed by atoms with Crippen molar-refractivity contribution in [1.82, 2.24) is 5.32 Å². The third-order valence-electron chi connectivity index (χ3n) is 3.70. The van der Waals surface area contributed by atoms with Gasteiger partial charge in [0.1, 0.15) is 5.82 Å². The van der Waals surface area contributed by atoms with Crippen LogP contribution in [0.2, 0.25) is 0 Å². The van der Waals surface area contributed by atoms with Crippen molar-refractivity contribution >= 4 is 12.0 Å². The Bertz CT molecular complexity index is 470. The molecule has 2 N–H and O–H groups in total. The number of nitrogens with one attached hydrogen (secondary N) is 1. The fourth-order valence-corrected chi connectivity index (χ4v) is 2.46. The van der Waals surface area contributed by atoms with E-state index in [-0.39, 0.29) is 23.7 Å². The second-order valence-electron chi connectivity index (χ2n) is 5.24. The fourth-order valence-electron chi connectivity index (χ4n) is 2.46. The number of carbonyl (C=O) groups is 1. The Morgan fingerprint density at radius 1 is 1.30 bits per heavy atom. The largest absolute Gasteiger partial charge is 0.393 e. The Morgan fingerprint density at radius 3 is 2.70 bits per heavy atom. The Balaban J connectivity index is 1.78. The van der Waals surface area contributed by atoms with Gasteiger partial charge in [0.05, 0.1) is 6.10 Å². The van der Waals surface area contributed by atoms with Crippen LogP contribution in [0.15, 0.2) is 30.3 Å². The quantitative estimate of drug-likeness (QED) is 0.831. The van der Waals surface area contributed by atoms with Gasteiger partial charge in [-0.05, 0) is 36.6 Å². The monoisotopic (exact) mass is 277 g/mol. The van der Waals surface area contributed by atoms with Gasteiger partial charge in [-0.2, -0.15) is 0 Å². The van der Waals surface area contributed by atoms with Crippen LogP contribution in [0.25, 0.3) is 6.08 Å². The van der Waals surface area contributed by atoms with Crippen molar-refractivity contribution in [3.8, 4) is 0 Å². The van der Waals surface area contributed by atoms with Crippen molar-refractivity contribution in [1.29, 1.82) is 0 Å². The summed E-state index contributed by atoms with van der Waals surface area (Å²) in [5.74, 6) is -0.322. The number of amides is 1. The minimum atomic E-state index is -0.301. The van der Waals surface area contributed by atoms with E-state index in [2.05, 4.69) is 5.32 Å². The molecule has 1 saturated carbocycles. The Morgan fingerprint density at radius 2 is 2.00 bits per heavy atom. The lowest BCUT2D eigenvalue weighted by Gasteiger charge is -2.27. The number of aliphatic hydroxyl groups is 1. The molecule has 2 atom stereocenters. The zero-order chi connectivity index (χ0) is 14.4. The second-order valence-corrected chi connectivity index (χ2v) is 5.24. The average Bonchev–Trinajstić information content (AvgIpc) is 2.46. The van der Waals surface area contributed by atoms with Crippen LogP contribution in [0, 0.1) is 11.7 Å². The lowest BCUT2D eigenvalue weighted by atomic mass is 9.86. The second kappa shape index (κ2) is 7.20. The van der Waals surface area contributed by atoms with Crippen LogP contribution in [-0.2, 0) is 4.79 Å². The zero-order valence-corrected chi connectivity index (χ0v) is 11.4. The molecule has 0 bridgehead atoms. The van der Waals surface area contributed by atoms with Gasteiger partial charge in [0.25, 0.3) is 0 Å². The van der Waals surface area contributed by atoms with Crippen molar-refractivity contribution in [2.75, 3.05) is 6.54 Å². The molecule has 3 nitrogen and oxygen atoms in total. The first-order chi connectivity index (χ1) is 9.65. The summed E-state index contributed by atoms with van der Waals surface area (Å²) in [6.45, 7) is 0.508. The van der Waals surface area contributed by atoms with E-state index in [4.69, 9.17) is 0 Å². The van der Waals surface area contributed by atoms with Crippen LogP contribution in [0.1, 0.15) is 31.2 Å². The Labute approximate surface area is 118 Å². The molecule has 0 saturated heterocycles. The van der Waals surface area contributed by atoms with Crippen molar-refractivity contribution in [2.45, 2.75) is 31.8 Å². The number of hydrogen-bond donors (Lipinski definition) is 2. The predicted molar refractivity (Wildman–Crippen MR) is 76.4 cm³/mol. The lowest BCUT2D eigenvalue weighted by molar-refractivity contribution is -0.116. The first-order valence-corrected chi connectivity index (χ1v) is 7.04. The third kappa shape index (κ3) is 4.46. The van der Waals surface area contributed by atoms with Gasteiger partial charge in [0, 0.05) is 18.5 Å². The van der Waals surface area contributed by atoms with Gasteiger partial charge in [-0.25, -0.2) is 4.39 Å². The molecular weight excluding hydrogens is 257 g/mol. The molecule has 20 heavy (non-hydrogen) atoms. The normalized spacial score (nSPS) is 22.9. The maximum Gasteiger partial charge on any atom is 0.244 e. The van der Waals surface area contributed by atoms with Crippen LogP contribution in [0.4, 0.5) is 4.39 Å². The number of halogens is 1. The first-order valence-electron chi connectivity index (χ1n) is 7.04. The van der Waals surface area contributed by atoms with Crippen molar-refractivity contribution < 1.29 is 14.3 Å². The van der Waals surface area contributed by atoms with E-state index in [1.165, 1.54) is 18.2 Å². The summed E-state index contributed by atoms with van der Waals surface area (Å²) in [5.41, 5.74) is 0.777. The molecule has 2 rings (SSSR count). The standard InChI is InChI=1S/C16H20FNO2/c17-14-8-5-12(6-9-14)7-10-16(20)18-11-13-3-1-2-4-15(13)19/h5-10,13,15,19H,1-4,11H2,(H,18,20). The molecule has 0 spiro atoms. The lowest BCUT2D eigenvalue weighted by Crippen LogP contribution is -2.36. The molecule has 0 heterocycles. The summed E-state index contributed by atoms with van der Waals surface area (Å²) < 4.78 is 12.7. The van der Waals surface area contributed by atoms with Gasteiger partial charge in [0.2, 0.25) is 5.91 Å². The number of rotatable bonds is 4. The van der Waals surface area contributed by atoms with E-state index in [0.29, 0.717) is 6.54 Å². The van der Waals surface area contributed by atoms with Gasteiger partial charge in [-0.15, -0.1) is 0 Å². The summed E-state index contributed by atoms with van der Waals surface area (Å²) in [6.07, 6.45) is 6.74. The summed E-state index contributed by atoms with van der Waals surface area (Å²) in [7, 11) is 0. The highest BCUT2D eigenvalue weighted by Gasteiger charge is 2.22. The van der Waals surface area contributed by atoms with E-state index >= 15 is 0 Å². The van der Waals surface area contributed by atoms with E-state index in [0.717, 1.165) is 31.2 Å². The maximum atomic E-state index is 12.7. The predicted octanol–water partition coefficient (Wildman–Crippen LogP) is 2.51. The summed E-state index contributed by atoms with van der Waals surface area (Å²) >= 11 is 0. The molecule has 0 aromatic heterocycles. The molecule has 1 aliphatic rings. The molecule has 108 valence electrons. The SMILES string of the molecule is O=C(C=Cc1ccc(F)cc1)NCC1CCCCC1O. The molecule has 1 aromatic carbocycles.